The highest BCUT2D eigenvalue weighted by Crippen LogP contribution is 2.02. The molecule has 0 saturated carbocycles. The number of hydrogen-bond acceptors (Lipinski definition) is 4. The molecule has 0 rings (SSSR count). The van der Waals surface area contributed by atoms with Crippen molar-refractivity contribution in [3.05, 3.63) is 0 Å². The number of amides is 1. The Morgan fingerprint density at radius 2 is 2.00 bits per heavy atom. The fraction of sp³-hybridized carbons (Fsp3) is 0.833. The lowest BCUT2D eigenvalue weighted by Crippen LogP contribution is -2.48. The van der Waals surface area contributed by atoms with Crippen molar-refractivity contribution in [2.45, 2.75) is 51.1 Å². The number of rotatable bonds is 10. The van der Waals surface area contributed by atoms with E-state index < -0.39 is 24.0 Å². The topological polar surface area (TPSA) is 102 Å². The van der Waals surface area contributed by atoms with Gasteiger partial charge in [0.1, 0.15) is 6.04 Å². The molecule has 1 amide bonds. The number of aliphatic carboxylic acids is 1. The average Bonchev–Trinajstić information content (AvgIpc) is 2.33. The number of carboxylic acid groups (broad SMARTS) is 1. The number of unbranched alkanes of at least 4 members (excludes halogenated alkanes) is 1. The van der Waals surface area contributed by atoms with Crippen LogP contribution in [0.25, 0.3) is 0 Å². The van der Waals surface area contributed by atoms with Gasteiger partial charge in [-0.3, -0.25) is 4.79 Å². The Bertz CT molecular complexity index is 258. The predicted octanol–water partition coefficient (Wildman–Crippen LogP) is 0.500. The summed E-state index contributed by atoms with van der Waals surface area (Å²) < 4.78 is 4.86. The number of hydrogen-bond donors (Lipinski definition) is 3. The number of carbonyl (C=O) groups is 2. The first-order chi connectivity index (χ1) is 8.52. The van der Waals surface area contributed by atoms with Crippen molar-refractivity contribution in [3.8, 4) is 0 Å². The van der Waals surface area contributed by atoms with Gasteiger partial charge >= 0.3 is 5.97 Å². The van der Waals surface area contributed by atoms with Crippen LogP contribution in [0.15, 0.2) is 0 Å². The summed E-state index contributed by atoms with van der Waals surface area (Å²) in [6, 6.07) is -1.52. The molecule has 0 aliphatic carbocycles. The smallest absolute Gasteiger partial charge is 0.326 e. The quantitative estimate of drug-likeness (QED) is 0.496. The molecule has 0 spiro atoms. The zero-order valence-corrected chi connectivity index (χ0v) is 11.1. The van der Waals surface area contributed by atoms with Crippen LogP contribution in [0.5, 0.6) is 0 Å². The van der Waals surface area contributed by atoms with Crippen LogP contribution in [0.1, 0.15) is 39.0 Å². The van der Waals surface area contributed by atoms with E-state index in [4.69, 9.17) is 15.6 Å². The molecule has 4 N–H and O–H groups in total. The first kappa shape index (κ1) is 16.9. The minimum Gasteiger partial charge on any atom is -0.480 e. The molecule has 0 aromatic heterocycles. The third-order valence-corrected chi connectivity index (χ3v) is 2.66. The van der Waals surface area contributed by atoms with E-state index in [1.807, 2.05) is 6.92 Å². The molecular weight excluding hydrogens is 236 g/mol. The average molecular weight is 260 g/mol. The minimum absolute atomic E-state index is 0.408. The molecule has 0 aromatic carbocycles. The number of nitrogens with two attached hydrogens (primary N) is 1. The van der Waals surface area contributed by atoms with Crippen molar-refractivity contribution in [2.75, 3.05) is 13.7 Å². The number of carbonyl (C=O) groups excluding carboxylic acids is 1. The van der Waals surface area contributed by atoms with Gasteiger partial charge in [-0.25, -0.2) is 4.79 Å². The molecule has 0 saturated heterocycles. The van der Waals surface area contributed by atoms with Gasteiger partial charge in [-0.1, -0.05) is 19.8 Å². The van der Waals surface area contributed by atoms with Crippen molar-refractivity contribution >= 4 is 11.9 Å². The molecule has 0 bridgehead atoms. The fourth-order valence-corrected chi connectivity index (χ4v) is 1.52. The minimum atomic E-state index is -1.01. The van der Waals surface area contributed by atoms with E-state index in [9.17, 15) is 9.59 Å². The molecule has 0 fully saturated rings. The van der Waals surface area contributed by atoms with Gasteiger partial charge in [-0.15, -0.1) is 0 Å². The Labute approximate surface area is 108 Å². The van der Waals surface area contributed by atoms with E-state index in [2.05, 4.69) is 5.32 Å². The number of nitrogens with one attached hydrogen (secondary N) is 1. The van der Waals surface area contributed by atoms with Crippen molar-refractivity contribution in [2.24, 2.45) is 5.73 Å². The number of methoxy groups -OCH3 is 1. The van der Waals surface area contributed by atoms with Crippen LogP contribution < -0.4 is 11.1 Å². The second kappa shape index (κ2) is 9.85. The van der Waals surface area contributed by atoms with Crippen molar-refractivity contribution in [1.29, 1.82) is 0 Å². The highest BCUT2D eigenvalue weighted by atomic mass is 16.5. The molecule has 18 heavy (non-hydrogen) atoms. The monoisotopic (exact) mass is 260 g/mol. The molecule has 106 valence electrons. The second-order valence-electron chi connectivity index (χ2n) is 4.28. The van der Waals surface area contributed by atoms with E-state index in [0.29, 0.717) is 25.9 Å². The molecule has 0 heterocycles. The molecule has 6 nitrogen and oxygen atoms in total. The van der Waals surface area contributed by atoms with Gasteiger partial charge in [0, 0.05) is 13.7 Å². The van der Waals surface area contributed by atoms with Crippen molar-refractivity contribution in [3.63, 3.8) is 0 Å². The Kier molecular flexibility index (Phi) is 9.22. The van der Waals surface area contributed by atoms with Gasteiger partial charge < -0.3 is 20.9 Å². The highest BCUT2D eigenvalue weighted by molar-refractivity contribution is 5.86. The Morgan fingerprint density at radius 1 is 1.33 bits per heavy atom. The summed E-state index contributed by atoms with van der Waals surface area (Å²) >= 11 is 0. The van der Waals surface area contributed by atoms with Crippen LogP contribution in [0.4, 0.5) is 0 Å². The zero-order valence-electron chi connectivity index (χ0n) is 11.1. The van der Waals surface area contributed by atoms with Crippen LogP contribution in [-0.2, 0) is 14.3 Å². The van der Waals surface area contributed by atoms with Crippen LogP contribution >= 0.6 is 0 Å². The SMILES string of the molecule is CCCC[C@H](NC(=O)C(N)CCCOC)C(=O)O. The van der Waals surface area contributed by atoms with E-state index in [-0.39, 0.29) is 0 Å². The van der Waals surface area contributed by atoms with Crippen LogP contribution in [0.3, 0.4) is 0 Å². The summed E-state index contributed by atoms with van der Waals surface area (Å²) in [5.41, 5.74) is 5.67. The third kappa shape index (κ3) is 7.24. The molecule has 0 radical (unpaired) electrons. The maximum Gasteiger partial charge on any atom is 0.326 e. The number of carboxylic acids is 1. The van der Waals surface area contributed by atoms with Gasteiger partial charge in [-0.05, 0) is 19.3 Å². The Hall–Kier alpha value is -1.14. The largest absolute Gasteiger partial charge is 0.480 e. The lowest BCUT2D eigenvalue weighted by atomic mass is 10.1. The standard InChI is InChI=1S/C12H24N2O4/c1-3-4-7-10(12(16)17)14-11(15)9(13)6-5-8-18-2/h9-10H,3-8,13H2,1-2H3,(H,14,15)(H,16,17)/t9?,10-/m0/s1. The van der Waals surface area contributed by atoms with Gasteiger partial charge in [-0.2, -0.15) is 0 Å². The van der Waals surface area contributed by atoms with Gasteiger partial charge in [0.25, 0.3) is 0 Å². The van der Waals surface area contributed by atoms with Crippen LogP contribution in [0, 0.1) is 0 Å². The van der Waals surface area contributed by atoms with Gasteiger partial charge in [0.15, 0.2) is 0 Å². The molecule has 1 unspecified atom stereocenters. The highest BCUT2D eigenvalue weighted by Gasteiger charge is 2.22. The molecule has 2 atom stereocenters. The fourth-order valence-electron chi connectivity index (χ4n) is 1.52. The van der Waals surface area contributed by atoms with E-state index in [1.165, 1.54) is 0 Å². The van der Waals surface area contributed by atoms with Crippen LogP contribution in [-0.4, -0.2) is 42.8 Å². The van der Waals surface area contributed by atoms with Gasteiger partial charge in [0.05, 0.1) is 6.04 Å². The maximum absolute atomic E-state index is 11.7. The first-order valence-electron chi connectivity index (χ1n) is 6.30. The third-order valence-electron chi connectivity index (χ3n) is 2.66. The summed E-state index contributed by atoms with van der Waals surface area (Å²) in [5.74, 6) is -1.42. The van der Waals surface area contributed by atoms with Gasteiger partial charge in [0.2, 0.25) is 5.91 Å². The van der Waals surface area contributed by atoms with Crippen molar-refractivity contribution in [1.82, 2.24) is 5.32 Å². The van der Waals surface area contributed by atoms with E-state index in [0.717, 1.165) is 12.8 Å². The number of ether oxygens (including phenoxy) is 1. The lowest BCUT2D eigenvalue weighted by molar-refractivity contribution is -0.142. The molecule has 6 heteroatoms. The normalized spacial score (nSPS) is 13.9. The Balaban J connectivity index is 4.10. The maximum atomic E-state index is 11.7. The first-order valence-corrected chi connectivity index (χ1v) is 6.30. The van der Waals surface area contributed by atoms with E-state index >= 15 is 0 Å². The molecule has 0 aliphatic rings. The zero-order chi connectivity index (χ0) is 14.0. The predicted molar refractivity (Wildman–Crippen MR) is 68.2 cm³/mol. The summed E-state index contributed by atoms with van der Waals surface area (Å²) in [6.07, 6.45) is 3.25. The van der Waals surface area contributed by atoms with Crippen LogP contribution in [0.2, 0.25) is 0 Å². The second-order valence-corrected chi connectivity index (χ2v) is 4.28. The molecule has 0 aromatic rings. The summed E-state index contributed by atoms with van der Waals surface area (Å²) in [6.45, 7) is 2.51. The van der Waals surface area contributed by atoms with E-state index in [1.54, 1.807) is 7.11 Å². The Morgan fingerprint density at radius 3 is 2.50 bits per heavy atom. The lowest BCUT2D eigenvalue weighted by Gasteiger charge is -2.17. The molecule has 0 aliphatic heterocycles. The molecular formula is C12H24N2O4. The van der Waals surface area contributed by atoms with Crippen molar-refractivity contribution < 1.29 is 19.4 Å². The summed E-state index contributed by atoms with van der Waals surface area (Å²) in [4.78, 5) is 22.6. The summed E-state index contributed by atoms with van der Waals surface area (Å²) in [7, 11) is 1.58. The summed E-state index contributed by atoms with van der Waals surface area (Å²) in [5, 5.41) is 11.4.